The van der Waals surface area contributed by atoms with Crippen LogP contribution in [0, 0.1) is 0 Å². The highest BCUT2D eigenvalue weighted by molar-refractivity contribution is 9.10. The molecule has 1 aromatic carbocycles. The predicted molar refractivity (Wildman–Crippen MR) is 77.6 cm³/mol. The van der Waals surface area contributed by atoms with E-state index in [0.29, 0.717) is 17.2 Å². The number of hydrogen-bond donors (Lipinski definition) is 0. The number of nitrogens with zero attached hydrogens (tertiary/aromatic N) is 1. The number of aromatic nitrogens is 1. The third-order valence-corrected chi connectivity index (χ3v) is 3.06. The molecular formula is C14H11BrClNO2. The Bertz CT molecular complexity index is 572. The fraction of sp³-hybridized carbons (Fsp3) is 0.143. The van der Waals surface area contributed by atoms with Crippen molar-refractivity contribution >= 4 is 33.3 Å². The van der Waals surface area contributed by atoms with Gasteiger partial charge in [-0.2, -0.15) is 0 Å². The third-order valence-electron chi connectivity index (χ3n) is 2.38. The number of benzene rings is 1. The van der Waals surface area contributed by atoms with Gasteiger partial charge < -0.3 is 4.74 Å². The number of halogens is 2. The van der Waals surface area contributed by atoms with Gasteiger partial charge in [0, 0.05) is 28.3 Å². The molecule has 5 heteroatoms. The molecule has 0 N–H and O–H groups in total. The summed E-state index contributed by atoms with van der Waals surface area (Å²) < 4.78 is 6.24. The molecule has 0 amide bonds. The maximum absolute atomic E-state index is 11.8. The van der Waals surface area contributed by atoms with Crippen molar-refractivity contribution in [1.82, 2.24) is 4.98 Å². The summed E-state index contributed by atoms with van der Waals surface area (Å²) in [7, 11) is 0. The largest absolute Gasteiger partial charge is 0.486 e. The molecule has 0 radical (unpaired) electrons. The Balaban J connectivity index is 1.86. The first-order valence-corrected chi connectivity index (χ1v) is 6.80. The summed E-state index contributed by atoms with van der Waals surface area (Å²) in [6.45, 7) is 0.0359. The molecule has 1 heterocycles. The van der Waals surface area contributed by atoms with E-state index < -0.39 is 0 Å². The first-order chi connectivity index (χ1) is 9.13. The second kappa shape index (κ2) is 6.68. The highest BCUT2D eigenvalue weighted by Gasteiger charge is 2.06. The van der Waals surface area contributed by atoms with Gasteiger partial charge in [0.05, 0.1) is 0 Å². The van der Waals surface area contributed by atoms with Crippen LogP contribution in [0.2, 0.25) is 5.02 Å². The van der Waals surface area contributed by atoms with Gasteiger partial charge >= 0.3 is 0 Å². The van der Waals surface area contributed by atoms with Gasteiger partial charge in [0.15, 0.2) is 5.78 Å². The summed E-state index contributed by atoms with van der Waals surface area (Å²) in [4.78, 5) is 15.8. The summed E-state index contributed by atoms with van der Waals surface area (Å²) in [6, 6.07) is 8.78. The molecule has 1 aromatic heterocycles. The third kappa shape index (κ3) is 4.65. The van der Waals surface area contributed by atoms with E-state index in [1.807, 2.05) is 6.07 Å². The van der Waals surface area contributed by atoms with Crippen molar-refractivity contribution in [3.63, 3.8) is 0 Å². The zero-order chi connectivity index (χ0) is 13.7. The van der Waals surface area contributed by atoms with Crippen molar-refractivity contribution in [2.24, 2.45) is 0 Å². The van der Waals surface area contributed by atoms with Crippen molar-refractivity contribution in [1.29, 1.82) is 0 Å². The molecule has 0 atom stereocenters. The molecule has 0 aliphatic carbocycles. The number of hydrogen-bond acceptors (Lipinski definition) is 3. The smallest absolute Gasteiger partial charge is 0.174 e. The fourth-order valence-electron chi connectivity index (χ4n) is 1.53. The molecule has 19 heavy (non-hydrogen) atoms. The molecule has 0 aliphatic rings. The quantitative estimate of drug-likeness (QED) is 0.833. The zero-order valence-electron chi connectivity index (χ0n) is 9.98. The van der Waals surface area contributed by atoms with Crippen LogP contribution in [-0.4, -0.2) is 17.4 Å². The van der Waals surface area contributed by atoms with E-state index in [0.717, 1.165) is 10.0 Å². The highest BCUT2D eigenvalue weighted by Crippen LogP contribution is 2.15. The Labute approximate surface area is 124 Å². The van der Waals surface area contributed by atoms with E-state index in [2.05, 4.69) is 20.9 Å². The fourth-order valence-corrected chi connectivity index (χ4v) is 2.06. The predicted octanol–water partition coefficient (Wildman–Crippen LogP) is 3.69. The lowest BCUT2D eigenvalue weighted by Gasteiger charge is -2.05. The summed E-state index contributed by atoms with van der Waals surface area (Å²) in [6.07, 6.45) is 3.66. The molecule has 0 aliphatic heterocycles. The van der Waals surface area contributed by atoms with E-state index in [9.17, 15) is 4.79 Å². The molecule has 0 spiro atoms. The average molecular weight is 341 g/mol. The van der Waals surface area contributed by atoms with Crippen LogP contribution in [0.4, 0.5) is 0 Å². The first-order valence-electron chi connectivity index (χ1n) is 5.63. The Morgan fingerprint density at radius 1 is 1.26 bits per heavy atom. The van der Waals surface area contributed by atoms with Gasteiger partial charge in [-0.15, -0.1) is 0 Å². The number of ether oxygens (including phenoxy) is 1. The van der Waals surface area contributed by atoms with Gasteiger partial charge in [0.25, 0.3) is 0 Å². The van der Waals surface area contributed by atoms with E-state index in [4.69, 9.17) is 16.3 Å². The van der Waals surface area contributed by atoms with E-state index in [1.54, 1.807) is 36.7 Å². The van der Waals surface area contributed by atoms with Crippen LogP contribution in [0.5, 0.6) is 5.75 Å². The van der Waals surface area contributed by atoms with Crippen molar-refractivity contribution in [2.75, 3.05) is 6.61 Å². The average Bonchev–Trinajstić information content (AvgIpc) is 2.38. The lowest BCUT2D eigenvalue weighted by Crippen LogP contribution is -2.13. The summed E-state index contributed by atoms with van der Waals surface area (Å²) in [5.74, 6) is 0.625. The normalized spacial score (nSPS) is 10.2. The van der Waals surface area contributed by atoms with Gasteiger partial charge in [0.2, 0.25) is 0 Å². The number of carbonyl (C=O) groups excluding carboxylic acids is 1. The van der Waals surface area contributed by atoms with Gasteiger partial charge in [-0.05, 0) is 51.8 Å². The van der Waals surface area contributed by atoms with E-state index in [1.165, 1.54) is 0 Å². The van der Waals surface area contributed by atoms with Crippen LogP contribution >= 0.6 is 27.5 Å². The van der Waals surface area contributed by atoms with Crippen molar-refractivity contribution in [3.05, 3.63) is 57.8 Å². The molecule has 0 unspecified atom stereocenters. The van der Waals surface area contributed by atoms with Crippen LogP contribution in [0.3, 0.4) is 0 Å². The minimum Gasteiger partial charge on any atom is -0.486 e. The lowest BCUT2D eigenvalue weighted by molar-refractivity contribution is -0.120. The Kier molecular flexibility index (Phi) is 4.93. The van der Waals surface area contributed by atoms with Crippen LogP contribution < -0.4 is 4.74 Å². The van der Waals surface area contributed by atoms with Crippen molar-refractivity contribution in [2.45, 2.75) is 6.42 Å². The Morgan fingerprint density at radius 2 is 2.00 bits per heavy atom. The number of ketones is 1. The molecule has 0 saturated carbocycles. The molecule has 0 bridgehead atoms. The second-order valence-corrected chi connectivity index (χ2v) is 5.32. The van der Waals surface area contributed by atoms with E-state index >= 15 is 0 Å². The monoisotopic (exact) mass is 339 g/mol. The van der Waals surface area contributed by atoms with Gasteiger partial charge in [-0.1, -0.05) is 11.6 Å². The summed E-state index contributed by atoms with van der Waals surface area (Å²) in [5, 5.41) is 0.638. The minimum atomic E-state index is -0.00477. The summed E-state index contributed by atoms with van der Waals surface area (Å²) in [5.41, 5.74) is 0.860. The maximum atomic E-state index is 11.8. The van der Waals surface area contributed by atoms with Gasteiger partial charge in [-0.3, -0.25) is 9.78 Å². The number of Topliss-reactive ketones (excluding diaryl/α,β-unsaturated/α-hetero) is 1. The zero-order valence-corrected chi connectivity index (χ0v) is 12.3. The molecule has 2 rings (SSSR count). The lowest BCUT2D eigenvalue weighted by atomic mass is 10.1. The highest BCUT2D eigenvalue weighted by atomic mass is 79.9. The maximum Gasteiger partial charge on any atom is 0.174 e. The Morgan fingerprint density at radius 3 is 2.68 bits per heavy atom. The topological polar surface area (TPSA) is 39.2 Å². The second-order valence-electron chi connectivity index (χ2n) is 3.97. The number of pyridine rings is 1. The standard InChI is InChI=1S/C14H11BrClNO2/c15-11-5-10(7-17-8-11)6-13(18)9-19-14-3-1-12(16)2-4-14/h1-5,7-8H,6,9H2. The van der Waals surface area contributed by atoms with Crippen LogP contribution in [0.25, 0.3) is 0 Å². The number of carbonyl (C=O) groups is 1. The SMILES string of the molecule is O=C(COc1ccc(Cl)cc1)Cc1cncc(Br)c1. The van der Waals surface area contributed by atoms with Crippen molar-refractivity contribution < 1.29 is 9.53 Å². The molecule has 98 valence electrons. The minimum absolute atomic E-state index is 0.00477. The van der Waals surface area contributed by atoms with Crippen LogP contribution in [-0.2, 0) is 11.2 Å². The molecule has 0 saturated heterocycles. The first kappa shape index (κ1) is 14.0. The van der Waals surface area contributed by atoms with E-state index in [-0.39, 0.29) is 12.4 Å². The van der Waals surface area contributed by atoms with Crippen LogP contribution in [0.15, 0.2) is 47.2 Å². The van der Waals surface area contributed by atoms with Crippen molar-refractivity contribution in [3.8, 4) is 5.75 Å². The molecular weight excluding hydrogens is 330 g/mol. The Hall–Kier alpha value is -1.39. The summed E-state index contributed by atoms with van der Waals surface area (Å²) >= 11 is 9.08. The molecule has 3 nitrogen and oxygen atoms in total. The van der Waals surface area contributed by atoms with Gasteiger partial charge in [0.1, 0.15) is 12.4 Å². The number of rotatable bonds is 5. The van der Waals surface area contributed by atoms with Crippen LogP contribution in [0.1, 0.15) is 5.56 Å². The van der Waals surface area contributed by atoms with Gasteiger partial charge in [-0.25, -0.2) is 0 Å². The molecule has 0 fully saturated rings. The molecule has 2 aromatic rings.